The van der Waals surface area contributed by atoms with Gasteiger partial charge in [-0.1, -0.05) is 0 Å². The zero-order chi connectivity index (χ0) is 13.3. The molecule has 0 radical (unpaired) electrons. The van der Waals surface area contributed by atoms with Crippen LogP contribution in [0.25, 0.3) is 0 Å². The molecule has 1 aliphatic rings. The van der Waals surface area contributed by atoms with Crippen LogP contribution in [0.5, 0.6) is 0 Å². The maximum atomic E-state index is 13.0. The van der Waals surface area contributed by atoms with Crippen LogP contribution in [0.15, 0.2) is 0 Å². The Labute approximate surface area is 108 Å². The molecular formula is C10H26NO3PSi2. The Kier molecular flexibility index (Phi) is 4.84. The molecule has 0 spiro atoms. The Morgan fingerprint density at radius 2 is 1.24 bits per heavy atom. The van der Waals surface area contributed by atoms with Gasteiger partial charge in [-0.3, -0.25) is 0 Å². The number of hydrogen-bond donors (Lipinski definition) is 0. The van der Waals surface area contributed by atoms with E-state index in [4.69, 9.17) is 8.43 Å². The fourth-order valence-electron chi connectivity index (χ4n) is 1.77. The highest BCUT2D eigenvalue weighted by Gasteiger charge is 2.42. The quantitative estimate of drug-likeness (QED) is 0.570. The van der Waals surface area contributed by atoms with Crippen molar-refractivity contribution < 1.29 is 13.0 Å². The van der Waals surface area contributed by atoms with E-state index in [1.165, 1.54) is 0 Å². The first kappa shape index (κ1) is 15.6. The number of nitrogens with zero attached hydrogens (tertiary/aromatic N) is 1. The standard InChI is InChI=1S/C10H26NO3PSi2/c1-16(2,3)13-15(12,14-17(4,5)6)11-9-7-8-10-11/h7-10H2,1-6H3. The molecule has 0 bridgehead atoms. The lowest BCUT2D eigenvalue weighted by Crippen LogP contribution is -2.35. The molecule has 1 heterocycles. The van der Waals surface area contributed by atoms with E-state index in [1.54, 1.807) is 0 Å². The van der Waals surface area contributed by atoms with Crippen LogP contribution < -0.4 is 0 Å². The Bertz CT molecular complexity index is 286. The molecule has 1 saturated heterocycles. The number of rotatable bonds is 5. The summed E-state index contributed by atoms with van der Waals surface area (Å²) in [5.74, 6) is 0. The summed E-state index contributed by atoms with van der Waals surface area (Å²) in [6, 6.07) is 0. The van der Waals surface area contributed by atoms with Gasteiger partial charge in [0.2, 0.25) is 0 Å². The summed E-state index contributed by atoms with van der Waals surface area (Å²) in [5, 5.41) is 0. The van der Waals surface area contributed by atoms with Crippen LogP contribution in [-0.4, -0.2) is 34.4 Å². The minimum Gasteiger partial charge on any atom is -0.340 e. The summed E-state index contributed by atoms with van der Waals surface area (Å²) in [6.45, 7) is 14.0. The van der Waals surface area contributed by atoms with Gasteiger partial charge in [0.1, 0.15) is 0 Å². The van der Waals surface area contributed by atoms with Crippen molar-refractivity contribution in [2.24, 2.45) is 0 Å². The zero-order valence-electron chi connectivity index (χ0n) is 11.9. The van der Waals surface area contributed by atoms with Crippen LogP contribution >= 0.6 is 7.75 Å². The Morgan fingerprint density at radius 3 is 1.53 bits per heavy atom. The van der Waals surface area contributed by atoms with Gasteiger partial charge in [-0.15, -0.1) is 0 Å². The average Bonchev–Trinajstić information content (AvgIpc) is 2.45. The van der Waals surface area contributed by atoms with Crippen LogP contribution in [0.4, 0.5) is 0 Å². The van der Waals surface area contributed by atoms with Gasteiger partial charge in [0, 0.05) is 13.1 Å². The summed E-state index contributed by atoms with van der Waals surface area (Å²) < 4.78 is 26.8. The lowest BCUT2D eigenvalue weighted by molar-refractivity contribution is 0.303. The monoisotopic (exact) mass is 295 g/mol. The molecule has 1 aliphatic heterocycles. The zero-order valence-corrected chi connectivity index (χ0v) is 14.8. The summed E-state index contributed by atoms with van der Waals surface area (Å²) in [7, 11) is -6.79. The van der Waals surface area contributed by atoms with Gasteiger partial charge in [-0.25, -0.2) is 9.24 Å². The normalized spacial score (nSPS) is 19.9. The van der Waals surface area contributed by atoms with Crippen LogP contribution in [0.2, 0.25) is 39.3 Å². The molecule has 0 aliphatic carbocycles. The van der Waals surface area contributed by atoms with E-state index in [2.05, 4.69) is 39.3 Å². The molecule has 0 saturated carbocycles. The third kappa shape index (κ3) is 5.36. The van der Waals surface area contributed by atoms with Crippen molar-refractivity contribution in [1.29, 1.82) is 0 Å². The van der Waals surface area contributed by atoms with Gasteiger partial charge in [0.25, 0.3) is 0 Å². The maximum absolute atomic E-state index is 13.0. The predicted molar refractivity (Wildman–Crippen MR) is 77.3 cm³/mol. The first-order chi connectivity index (χ1) is 7.52. The third-order valence-corrected chi connectivity index (χ3v) is 9.53. The van der Waals surface area contributed by atoms with Crippen molar-refractivity contribution in [1.82, 2.24) is 4.67 Å². The minimum atomic E-state index is -3.05. The first-order valence-corrected chi connectivity index (χ1v) is 14.6. The van der Waals surface area contributed by atoms with E-state index in [1.807, 2.05) is 4.67 Å². The molecule has 7 heteroatoms. The van der Waals surface area contributed by atoms with Gasteiger partial charge in [0.15, 0.2) is 16.6 Å². The molecule has 0 unspecified atom stereocenters. The fraction of sp³-hybridized carbons (Fsp3) is 1.00. The largest absolute Gasteiger partial charge is 0.388 e. The highest BCUT2D eigenvalue weighted by atomic mass is 31.2. The fourth-order valence-corrected chi connectivity index (χ4v) is 9.49. The molecule has 4 nitrogen and oxygen atoms in total. The summed E-state index contributed by atoms with van der Waals surface area (Å²) >= 11 is 0. The highest BCUT2D eigenvalue weighted by Crippen LogP contribution is 2.57. The van der Waals surface area contributed by atoms with Crippen molar-refractivity contribution in [3.63, 3.8) is 0 Å². The molecule has 17 heavy (non-hydrogen) atoms. The van der Waals surface area contributed by atoms with E-state index in [0.717, 1.165) is 25.9 Å². The molecule has 102 valence electrons. The molecule has 0 aromatic heterocycles. The maximum Gasteiger partial charge on any atom is 0.388 e. The lowest BCUT2D eigenvalue weighted by Gasteiger charge is -2.35. The van der Waals surface area contributed by atoms with Gasteiger partial charge in [-0.2, -0.15) is 0 Å². The van der Waals surface area contributed by atoms with Crippen LogP contribution in [0.3, 0.4) is 0 Å². The molecule has 0 N–H and O–H groups in total. The SMILES string of the molecule is C[Si](C)(C)OP(=O)(O[Si](C)(C)C)N1CCCC1. The molecule has 0 aromatic carbocycles. The van der Waals surface area contributed by atoms with Crippen LogP contribution in [0.1, 0.15) is 12.8 Å². The Morgan fingerprint density at radius 1 is 0.882 bits per heavy atom. The van der Waals surface area contributed by atoms with Crippen LogP contribution in [-0.2, 0) is 13.0 Å². The van der Waals surface area contributed by atoms with Gasteiger partial charge in [0.05, 0.1) is 0 Å². The molecular weight excluding hydrogens is 269 g/mol. The summed E-state index contributed by atoms with van der Waals surface area (Å²) in [4.78, 5) is 0. The topological polar surface area (TPSA) is 38.8 Å². The van der Waals surface area contributed by atoms with Crippen molar-refractivity contribution in [3.8, 4) is 0 Å². The van der Waals surface area contributed by atoms with E-state index < -0.39 is 24.4 Å². The Balaban J connectivity index is 2.87. The highest BCUT2D eigenvalue weighted by molar-refractivity contribution is 7.54. The second-order valence-corrected chi connectivity index (χ2v) is 17.9. The third-order valence-electron chi connectivity index (χ3n) is 2.21. The summed E-state index contributed by atoms with van der Waals surface area (Å²) in [5.41, 5.74) is 0. The van der Waals surface area contributed by atoms with E-state index in [9.17, 15) is 4.57 Å². The van der Waals surface area contributed by atoms with Crippen molar-refractivity contribution in [2.75, 3.05) is 13.1 Å². The average molecular weight is 295 g/mol. The van der Waals surface area contributed by atoms with Gasteiger partial charge in [-0.05, 0) is 52.1 Å². The van der Waals surface area contributed by atoms with E-state index in [-0.39, 0.29) is 0 Å². The van der Waals surface area contributed by atoms with Crippen LogP contribution in [0, 0.1) is 0 Å². The van der Waals surface area contributed by atoms with E-state index >= 15 is 0 Å². The molecule has 1 fully saturated rings. The molecule has 0 atom stereocenters. The smallest absolute Gasteiger partial charge is 0.340 e. The first-order valence-electron chi connectivity index (χ1n) is 6.29. The van der Waals surface area contributed by atoms with Gasteiger partial charge >= 0.3 is 7.75 Å². The van der Waals surface area contributed by atoms with Crippen molar-refractivity contribution in [3.05, 3.63) is 0 Å². The molecule has 0 amide bonds. The minimum absolute atomic E-state index is 0.840. The van der Waals surface area contributed by atoms with Crippen molar-refractivity contribution >= 4 is 24.4 Å². The predicted octanol–water partition coefficient (Wildman–Crippen LogP) is 3.89. The second-order valence-electron chi connectivity index (χ2n) is 6.54. The second kappa shape index (κ2) is 5.27. The number of hydrogen-bond acceptors (Lipinski definition) is 3. The molecule has 1 rings (SSSR count). The van der Waals surface area contributed by atoms with Gasteiger partial charge < -0.3 is 8.43 Å². The molecule has 0 aromatic rings. The van der Waals surface area contributed by atoms with Crippen molar-refractivity contribution in [2.45, 2.75) is 52.1 Å². The Hall–Kier alpha value is 0.544. The van der Waals surface area contributed by atoms with E-state index in [0.29, 0.717) is 0 Å². The lowest BCUT2D eigenvalue weighted by atomic mass is 10.4. The summed E-state index contributed by atoms with van der Waals surface area (Å²) in [6.07, 6.45) is 2.18.